The van der Waals surface area contributed by atoms with Crippen LogP contribution in [0, 0.1) is 0 Å². The first kappa shape index (κ1) is 10.2. The van der Waals surface area contributed by atoms with Crippen LogP contribution in [0.5, 0.6) is 0 Å². The number of aliphatic hydroxyl groups is 1. The van der Waals surface area contributed by atoms with E-state index in [1.54, 1.807) is 6.20 Å². The Morgan fingerprint density at radius 1 is 1.31 bits per heavy atom. The second-order valence-corrected chi connectivity index (χ2v) is 2.98. The van der Waals surface area contributed by atoms with E-state index in [0.29, 0.717) is 6.54 Å². The van der Waals surface area contributed by atoms with E-state index in [-0.39, 0.29) is 6.61 Å². The average molecular weight is 183 g/mol. The first-order valence-corrected chi connectivity index (χ1v) is 4.71. The third-order valence-corrected chi connectivity index (χ3v) is 1.87. The molecule has 1 aromatic rings. The summed E-state index contributed by atoms with van der Waals surface area (Å²) >= 11 is 0. The minimum Gasteiger partial charge on any atom is -0.395 e. The lowest BCUT2D eigenvalue weighted by atomic mass is 10.3. The van der Waals surface area contributed by atoms with Crippen LogP contribution in [0.2, 0.25) is 0 Å². The van der Waals surface area contributed by atoms with Gasteiger partial charge in [-0.1, -0.05) is 0 Å². The van der Waals surface area contributed by atoms with Gasteiger partial charge in [-0.25, -0.2) is 4.98 Å². The zero-order valence-electron chi connectivity index (χ0n) is 7.82. The summed E-state index contributed by atoms with van der Waals surface area (Å²) in [6, 6.07) is 0. The van der Waals surface area contributed by atoms with Crippen molar-refractivity contribution >= 4 is 0 Å². The highest BCUT2D eigenvalue weighted by Gasteiger charge is 1.90. The van der Waals surface area contributed by atoms with E-state index in [2.05, 4.69) is 14.9 Å². The molecule has 1 aromatic heterocycles. The molecule has 0 spiro atoms. The predicted molar refractivity (Wildman–Crippen MR) is 51.4 cm³/mol. The molecule has 0 amide bonds. The summed E-state index contributed by atoms with van der Waals surface area (Å²) in [5.41, 5.74) is 0. The van der Waals surface area contributed by atoms with Crippen molar-refractivity contribution in [2.45, 2.75) is 19.4 Å². The lowest BCUT2D eigenvalue weighted by molar-refractivity contribution is 0.292. The number of hydrogen-bond donors (Lipinski definition) is 2. The van der Waals surface area contributed by atoms with Crippen LogP contribution in [0.3, 0.4) is 0 Å². The molecule has 2 N–H and O–H groups in total. The van der Waals surface area contributed by atoms with Gasteiger partial charge in [0.1, 0.15) is 0 Å². The van der Waals surface area contributed by atoms with E-state index >= 15 is 0 Å². The van der Waals surface area contributed by atoms with Crippen LogP contribution in [0.1, 0.15) is 12.8 Å². The van der Waals surface area contributed by atoms with Crippen molar-refractivity contribution in [2.24, 2.45) is 0 Å². The van der Waals surface area contributed by atoms with Gasteiger partial charge in [-0.15, -0.1) is 0 Å². The monoisotopic (exact) mass is 183 g/mol. The molecule has 0 saturated carbocycles. The predicted octanol–water partition coefficient (Wildman–Crippen LogP) is 0.245. The maximum Gasteiger partial charge on any atom is 0.0945 e. The van der Waals surface area contributed by atoms with Gasteiger partial charge in [0.05, 0.1) is 12.9 Å². The Morgan fingerprint density at radius 2 is 2.23 bits per heavy atom. The molecule has 0 aliphatic rings. The van der Waals surface area contributed by atoms with E-state index < -0.39 is 0 Å². The first-order chi connectivity index (χ1) is 6.43. The van der Waals surface area contributed by atoms with Gasteiger partial charge in [0.25, 0.3) is 0 Å². The standard InChI is InChI=1S/C9H17N3O/c13-8-5-10-3-1-2-6-12-7-4-11-9-12/h4,7,9-10,13H,1-3,5-6,8H2. The van der Waals surface area contributed by atoms with Crippen LogP contribution in [0.4, 0.5) is 0 Å². The summed E-state index contributed by atoms with van der Waals surface area (Å²) in [6.45, 7) is 2.93. The summed E-state index contributed by atoms with van der Waals surface area (Å²) in [5.74, 6) is 0. The van der Waals surface area contributed by atoms with E-state index in [1.807, 2.05) is 12.5 Å². The fourth-order valence-corrected chi connectivity index (χ4v) is 1.17. The molecular formula is C9H17N3O. The van der Waals surface area contributed by atoms with Gasteiger partial charge in [0.2, 0.25) is 0 Å². The number of aliphatic hydroxyl groups excluding tert-OH is 1. The Bertz CT molecular complexity index is 199. The zero-order valence-corrected chi connectivity index (χ0v) is 7.82. The van der Waals surface area contributed by atoms with Crippen LogP contribution in [-0.4, -0.2) is 34.4 Å². The summed E-state index contributed by atoms with van der Waals surface area (Å²) in [6.07, 6.45) is 7.89. The largest absolute Gasteiger partial charge is 0.395 e. The highest BCUT2D eigenvalue weighted by atomic mass is 16.3. The number of hydrogen-bond acceptors (Lipinski definition) is 3. The third-order valence-electron chi connectivity index (χ3n) is 1.87. The van der Waals surface area contributed by atoms with Gasteiger partial charge in [-0.2, -0.15) is 0 Å². The molecule has 0 aliphatic carbocycles. The summed E-state index contributed by atoms with van der Waals surface area (Å²) in [7, 11) is 0. The van der Waals surface area contributed by atoms with Gasteiger partial charge < -0.3 is 15.0 Å². The Labute approximate surface area is 78.6 Å². The average Bonchev–Trinajstić information content (AvgIpc) is 2.63. The lowest BCUT2D eigenvalue weighted by Crippen LogP contribution is -2.19. The van der Waals surface area contributed by atoms with Gasteiger partial charge >= 0.3 is 0 Å². The maximum absolute atomic E-state index is 8.50. The second-order valence-electron chi connectivity index (χ2n) is 2.98. The van der Waals surface area contributed by atoms with Crippen molar-refractivity contribution in [1.29, 1.82) is 0 Å². The molecule has 1 heterocycles. The fourth-order valence-electron chi connectivity index (χ4n) is 1.17. The number of aromatic nitrogens is 2. The molecule has 0 aromatic carbocycles. The van der Waals surface area contributed by atoms with Crippen molar-refractivity contribution in [1.82, 2.24) is 14.9 Å². The SMILES string of the molecule is OCCNCCCCn1ccnc1. The van der Waals surface area contributed by atoms with Gasteiger partial charge in [0, 0.05) is 25.5 Å². The molecule has 0 aliphatic heterocycles. The molecule has 4 nitrogen and oxygen atoms in total. The Morgan fingerprint density at radius 3 is 2.92 bits per heavy atom. The summed E-state index contributed by atoms with van der Waals surface area (Å²) < 4.78 is 2.08. The first-order valence-electron chi connectivity index (χ1n) is 4.71. The Kier molecular flexibility index (Phi) is 5.20. The van der Waals surface area contributed by atoms with Crippen LogP contribution in [0.15, 0.2) is 18.7 Å². The molecule has 1 rings (SSSR count). The molecule has 0 atom stereocenters. The van der Waals surface area contributed by atoms with E-state index in [4.69, 9.17) is 5.11 Å². The van der Waals surface area contributed by atoms with Crippen LogP contribution < -0.4 is 5.32 Å². The Hall–Kier alpha value is -0.870. The normalized spacial score (nSPS) is 10.5. The highest BCUT2D eigenvalue weighted by Crippen LogP contribution is 1.93. The molecule has 13 heavy (non-hydrogen) atoms. The number of nitrogens with zero attached hydrogens (tertiary/aromatic N) is 2. The van der Waals surface area contributed by atoms with Gasteiger partial charge in [-0.05, 0) is 19.4 Å². The van der Waals surface area contributed by atoms with Crippen molar-refractivity contribution in [3.8, 4) is 0 Å². The zero-order chi connectivity index (χ0) is 9.36. The third kappa shape index (κ3) is 4.65. The van der Waals surface area contributed by atoms with Crippen LogP contribution in [0.25, 0.3) is 0 Å². The van der Waals surface area contributed by atoms with Crippen LogP contribution in [-0.2, 0) is 6.54 Å². The molecule has 74 valence electrons. The second kappa shape index (κ2) is 6.62. The van der Waals surface area contributed by atoms with Crippen molar-refractivity contribution in [3.05, 3.63) is 18.7 Å². The van der Waals surface area contributed by atoms with Gasteiger partial charge in [-0.3, -0.25) is 0 Å². The summed E-state index contributed by atoms with van der Waals surface area (Å²) in [5, 5.41) is 11.6. The topological polar surface area (TPSA) is 50.1 Å². The molecule has 4 heteroatoms. The quantitative estimate of drug-likeness (QED) is 0.596. The Balaban J connectivity index is 1.90. The molecule has 0 fully saturated rings. The molecular weight excluding hydrogens is 166 g/mol. The number of nitrogens with one attached hydrogen (secondary N) is 1. The number of unbranched alkanes of at least 4 members (excludes halogenated alkanes) is 1. The minimum atomic E-state index is 0.224. The highest BCUT2D eigenvalue weighted by molar-refractivity contribution is 4.73. The van der Waals surface area contributed by atoms with Crippen molar-refractivity contribution in [2.75, 3.05) is 19.7 Å². The number of imidazole rings is 1. The van der Waals surface area contributed by atoms with E-state index in [0.717, 1.165) is 25.9 Å². The minimum absolute atomic E-state index is 0.224. The van der Waals surface area contributed by atoms with Crippen molar-refractivity contribution < 1.29 is 5.11 Å². The maximum atomic E-state index is 8.50. The number of rotatable bonds is 7. The van der Waals surface area contributed by atoms with E-state index in [9.17, 15) is 0 Å². The fraction of sp³-hybridized carbons (Fsp3) is 0.667. The number of aryl methyl sites for hydroxylation is 1. The van der Waals surface area contributed by atoms with Crippen molar-refractivity contribution in [3.63, 3.8) is 0 Å². The van der Waals surface area contributed by atoms with Gasteiger partial charge in [0.15, 0.2) is 0 Å². The molecule has 0 radical (unpaired) electrons. The summed E-state index contributed by atoms with van der Waals surface area (Å²) in [4.78, 5) is 3.96. The van der Waals surface area contributed by atoms with Crippen LogP contribution >= 0.6 is 0 Å². The molecule has 0 unspecified atom stereocenters. The molecule has 0 saturated heterocycles. The van der Waals surface area contributed by atoms with E-state index in [1.165, 1.54) is 0 Å². The lowest BCUT2D eigenvalue weighted by Gasteiger charge is -2.03. The molecule has 0 bridgehead atoms. The smallest absolute Gasteiger partial charge is 0.0945 e.